The van der Waals surface area contributed by atoms with Crippen molar-refractivity contribution in [2.75, 3.05) is 0 Å². The third-order valence-corrected chi connectivity index (χ3v) is 8.36. The molecule has 0 aromatic heterocycles. The van der Waals surface area contributed by atoms with Crippen LogP contribution < -0.4 is 0 Å². The lowest BCUT2D eigenvalue weighted by Gasteiger charge is -2.34. The van der Waals surface area contributed by atoms with Crippen molar-refractivity contribution in [2.45, 2.75) is 92.0 Å². The molecule has 1 N–H and O–H groups in total. The fourth-order valence-electron chi connectivity index (χ4n) is 6.10. The van der Waals surface area contributed by atoms with Gasteiger partial charge in [0.05, 0.1) is 12.0 Å². The summed E-state index contributed by atoms with van der Waals surface area (Å²) in [6, 6.07) is 0. The van der Waals surface area contributed by atoms with Crippen molar-refractivity contribution in [3.8, 4) is 0 Å². The molecule has 0 bridgehead atoms. The van der Waals surface area contributed by atoms with Gasteiger partial charge in [0, 0.05) is 19.4 Å². The first-order valence-corrected chi connectivity index (χ1v) is 13.2. The maximum Gasteiger partial charge on any atom is 0.331 e. The van der Waals surface area contributed by atoms with Crippen LogP contribution in [0.25, 0.3) is 0 Å². The molecule has 0 heterocycles. The summed E-state index contributed by atoms with van der Waals surface area (Å²) in [7, 11) is 0. The molecular formula is C30H42O6. The van der Waals surface area contributed by atoms with Gasteiger partial charge in [0.15, 0.2) is 5.60 Å². The summed E-state index contributed by atoms with van der Waals surface area (Å²) in [6.45, 7) is 13.2. The van der Waals surface area contributed by atoms with Crippen molar-refractivity contribution in [1.82, 2.24) is 0 Å². The van der Waals surface area contributed by atoms with Gasteiger partial charge in [-0.1, -0.05) is 64.5 Å². The van der Waals surface area contributed by atoms with Crippen molar-refractivity contribution in [3.05, 3.63) is 47.6 Å². The van der Waals surface area contributed by atoms with Crippen molar-refractivity contribution in [3.63, 3.8) is 0 Å². The molecule has 3 aliphatic rings. The van der Waals surface area contributed by atoms with Crippen molar-refractivity contribution in [2.24, 2.45) is 29.1 Å². The number of hydrogen-bond donors (Lipinski definition) is 1. The topological polar surface area (TPSA) is 89.9 Å². The van der Waals surface area contributed by atoms with Gasteiger partial charge in [-0.3, -0.25) is 9.59 Å². The second-order valence-corrected chi connectivity index (χ2v) is 11.5. The van der Waals surface area contributed by atoms with E-state index in [2.05, 4.69) is 20.8 Å². The van der Waals surface area contributed by atoms with E-state index in [-0.39, 0.29) is 35.4 Å². The van der Waals surface area contributed by atoms with Crippen LogP contribution in [0.4, 0.5) is 0 Å². The molecule has 198 valence electrons. The predicted octanol–water partition coefficient (Wildman–Crippen LogP) is 5.27. The van der Waals surface area contributed by atoms with E-state index in [1.807, 2.05) is 32.1 Å². The zero-order valence-corrected chi connectivity index (χ0v) is 22.7. The predicted molar refractivity (Wildman–Crippen MR) is 139 cm³/mol. The van der Waals surface area contributed by atoms with Crippen LogP contribution in [0.15, 0.2) is 47.6 Å². The van der Waals surface area contributed by atoms with Gasteiger partial charge < -0.3 is 14.6 Å². The Balaban J connectivity index is 2.03. The van der Waals surface area contributed by atoms with E-state index in [9.17, 15) is 19.5 Å². The number of carbonyl (C=O) groups excluding carboxylic acids is 3. The molecule has 0 radical (unpaired) electrons. The molecule has 6 nitrogen and oxygen atoms in total. The molecule has 0 aliphatic heterocycles. The first-order valence-electron chi connectivity index (χ1n) is 13.2. The Kier molecular flexibility index (Phi) is 8.49. The summed E-state index contributed by atoms with van der Waals surface area (Å²) < 4.78 is 11.7. The van der Waals surface area contributed by atoms with E-state index in [4.69, 9.17) is 9.47 Å². The van der Waals surface area contributed by atoms with Crippen LogP contribution in [0.3, 0.4) is 0 Å². The summed E-state index contributed by atoms with van der Waals surface area (Å²) in [5.74, 6) is -1.87. The number of Topliss-reactive ketones (excluding diaryl/α,β-unsaturated/α-hetero) is 1. The molecule has 7 atom stereocenters. The largest absolute Gasteiger partial charge is 0.455 e. The van der Waals surface area contributed by atoms with E-state index in [0.717, 1.165) is 18.4 Å². The van der Waals surface area contributed by atoms with Gasteiger partial charge in [0.25, 0.3) is 0 Å². The van der Waals surface area contributed by atoms with Crippen LogP contribution in [0.2, 0.25) is 0 Å². The molecule has 0 spiro atoms. The van der Waals surface area contributed by atoms with Crippen molar-refractivity contribution >= 4 is 17.7 Å². The molecule has 0 amide bonds. The Morgan fingerprint density at radius 3 is 2.50 bits per heavy atom. The van der Waals surface area contributed by atoms with Gasteiger partial charge in [-0.15, -0.1) is 0 Å². The number of fused-ring (bicyclic) bond motifs is 2. The number of aliphatic hydroxyl groups excluding tert-OH is 1. The van der Waals surface area contributed by atoms with Crippen LogP contribution in [0.5, 0.6) is 0 Å². The molecule has 0 unspecified atom stereocenters. The lowest BCUT2D eigenvalue weighted by molar-refractivity contribution is -0.168. The quantitative estimate of drug-likeness (QED) is 0.232. The van der Waals surface area contributed by atoms with E-state index in [0.29, 0.717) is 12.0 Å². The number of aliphatic hydroxyl groups is 1. The standard InChI is InChI=1S/C30H42O6/c1-8-9-10-11-12-13-26(32)35-25-16-23-22(29(23,6)7)15-19(3)28(34)30(36-21(5)31)17-20(4)27(33)24(30)14-18(25)2/h10-15,20,22-25,27,33H,8-9,16-17H2,1-7H3/t20-,22-,23+,24+,25-,27+,30-/m1/s1. The second-order valence-electron chi connectivity index (χ2n) is 11.5. The summed E-state index contributed by atoms with van der Waals surface area (Å²) in [5.41, 5.74) is -0.238. The number of ketones is 1. The Morgan fingerprint density at radius 1 is 1.17 bits per heavy atom. The average Bonchev–Trinajstić information content (AvgIpc) is 3.21. The molecule has 0 aromatic rings. The van der Waals surface area contributed by atoms with Crippen molar-refractivity contribution in [1.29, 1.82) is 0 Å². The van der Waals surface area contributed by atoms with Crippen LogP contribution >= 0.6 is 0 Å². The molecule has 6 heteroatoms. The zero-order valence-electron chi connectivity index (χ0n) is 22.7. The fraction of sp³-hybridized carbons (Fsp3) is 0.633. The Hall–Kier alpha value is -2.47. The number of allylic oxidation sites excluding steroid dienone is 4. The van der Waals surface area contributed by atoms with Gasteiger partial charge in [-0.05, 0) is 61.0 Å². The third kappa shape index (κ3) is 5.59. The number of unbranched alkanes of at least 4 members (excludes halogenated alkanes) is 1. The summed E-state index contributed by atoms with van der Waals surface area (Å²) >= 11 is 0. The number of carbonyl (C=O) groups is 3. The fourth-order valence-corrected chi connectivity index (χ4v) is 6.10. The zero-order chi connectivity index (χ0) is 26.8. The van der Waals surface area contributed by atoms with Gasteiger partial charge in [-0.2, -0.15) is 0 Å². The Bertz CT molecular complexity index is 999. The first kappa shape index (κ1) is 28.1. The van der Waals surface area contributed by atoms with E-state index < -0.39 is 35.7 Å². The lowest BCUT2D eigenvalue weighted by Crippen LogP contribution is -2.48. The van der Waals surface area contributed by atoms with E-state index in [1.54, 1.807) is 19.1 Å². The van der Waals surface area contributed by atoms with Crippen LogP contribution in [0.1, 0.15) is 74.1 Å². The lowest BCUT2D eigenvalue weighted by atomic mass is 9.80. The smallest absolute Gasteiger partial charge is 0.331 e. The molecule has 2 fully saturated rings. The summed E-state index contributed by atoms with van der Waals surface area (Å²) in [5, 5.41) is 11.1. The Morgan fingerprint density at radius 2 is 1.86 bits per heavy atom. The van der Waals surface area contributed by atoms with Crippen LogP contribution in [-0.2, 0) is 23.9 Å². The minimum absolute atomic E-state index is 0.0547. The van der Waals surface area contributed by atoms with Gasteiger partial charge in [0.1, 0.15) is 6.10 Å². The van der Waals surface area contributed by atoms with Gasteiger partial charge in [0.2, 0.25) is 5.78 Å². The highest BCUT2D eigenvalue weighted by Crippen LogP contribution is 2.62. The molecule has 0 saturated heterocycles. The average molecular weight is 499 g/mol. The minimum atomic E-state index is -1.48. The van der Waals surface area contributed by atoms with E-state index >= 15 is 0 Å². The summed E-state index contributed by atoms with van der Waals surface area (Å²) in [4.78, 5) is 38.7. The SMILES string of the molecule is CCCC=CC=CC(=O)O[C@@H]1C[C@H]2[C@@H](C=C(C)C(=O)[C@@]3(OC(C)=O)C[C@@H](C)[C@H](O)[C@@H]3C=C1C)C2(C)C. The van der Waals surface area contributed by atoms with Gasteiger partial charge >= 0.3 is 11.9 Å². The van der Waals surface area contributed by atoms with Crippen LogP contribution in [-0.4, -0.2) is 40.6 Å². The van der Waals surface area contributed by atoms with E-state index in [1.165, 1.54) is 13.0 Å². The highest BCUT2D eigenvalue weighted by molar-refractivity contribution is 6.03. The minimum Gasteiger partial charge on any atom is -0.455 e. The molecule has 36 heavy (non-hydrogen) atoms. The monoisotopic (exact) mass is 498 g/mol. The normalized spacial score (nSPS) is 35.9. The highest BCUT2D eigenvalue weighted by atomic mass is 16.6. The van der Waals surface area contributed by atoms with Crippen LogP contribution in [0, 0.1) is 29.1 Å². The second kappa shape index (κ2) is 10.9. The summed E-state index contributed by atoms with van der Waals surface area (Å²) in [6.07, 6.45) is 12.2. The highest BCUT2D eigenvalue weighted by Gasteiger charge is 2.61. The first-order chi connectivity index (χ1) is 16.8. The maximum atomic E-state index is 13.9. The number of esters is 2. The maximum absolute atomic E-state index is 13.9. The Labute approximate surface area is 215 Å². The van der Waals surface area contributed by atoms with Crippen molar-refractivity contribution < 1.29 is 29.0 Å². The van der Waals surface area contributed by atoms with Gasteiger partial charge in [-0.25, -0.2) is 4.79 Å². The third-order valence-electron chi connectivity index (χ3n) is 8.36. The molecule has 2 saturated carbocycles. The number of rotatable bonds is 6. The molecule has 3 aliphatic carbocycles. The molecule has 3 rings (SSSR count). The molecular weight excluding hydrogens is 456 g/mol. The molecule has 0 aromatic carbocycles. The number of hydrogen-bond acceptors (Lipinski definition) is 6. The number of ether oxygens (including phenoxy) is 2.